The molecular formula is C17H18ClN3O. The first-order valence-electron chi connectivity index (χ1n) is 7.44. The molecule has 0 spiro atoms. The van der Waals surface area contributed by atoms with E-state index >= 15 is 0 Å². The number of amides is 1. The Morgan fingerprint density at radius 3 is 2.59 bits per heavy atom. The third-order valence-electron chi connectivity index (χ3n) is 3.99. The Morgan fingerprint density at radius 1 is 1.18 bits per heavy atom. The molecule has 1 fully saturated rings. The number of piperidine rings is 1. The number of nitrogens with one attached hydrogen (secondary N) is 1. The van der Waals surface area contributed by atoms with Crippen molar-refractivity contribution in [3.05, 3.63) is 53.8 Å². The van der Waals surface area contributed by atoms with Gasteiger partial charge in [0.05, 0.1) is 0 Å². The van der Waals surface area contributed by atoms with E-state index in [0.29, 0.717) is 5.02 Å². The minimum absolute atomic E-state index is 0.0528. The zero-order valence-corrected chi connectivity index (χ0v) is 13.0. The van der Waals surface area contributed by atoms with Crippen LogP contribution in [0.4, 0.5) is 11.4 Å². The highest BCUT2D eigenvalue weighted by Gasteiger charge is 2.25. The van der Waals surface area contributed by atoms with E-state index < -0.39 is 0 Å². The van der Waals surface area contributed by atoms with Crippen LogP contribution in [0.5, 0.6) is 0 Å². The molecule has 1 aromatic carbocycles. The second-order valence-electron chi connectivity index (χ2n) is 5.47. The summed E-state index contributed by atoms with van der Waals surface area (Å²) < 4.78 is 0. The molecule has 1 N–H and O–H groups in total. The van der Waals surface area contributed by atoms with Gasteiger partial charge in [-0.3, -0.25) is 9.78 Å². The van der Waals surface area contributed by atoms with Gasteiger partial charge in [0.15, 0.2) is 0 Å². The normalized spacial score (nSPS) is 15.6. The van der Waals surface area contributed by atoms with Gasteiger partial charge in [0, 0.05) is 47.8 Å². The van der Waals surface area contributed by atoms with Gasteiger partial charge in [-0.25, -0.2) is 0 Å². The van der Waals surface area contributed by atoms with Crippen LogP contribution in [0.1, 0.15) is 12.8 Å². The highest BCUT2D eigenvalue weighted by atomic mass is 35.5. The van der Waals surface area contributed by atoms with Crippen LogP contribution >= 0.6 is 11.6 Å². The number of carbonyl (C=O) groups excluding carboxylic acids is 1. The average molecular weight is 316 g/mol. The van der Waals surface area contributed by atoms with Crippen molar-refractivity contribution in [2.45, 2.75) is 12.8 Å². The molecule has 0 saturated carbocycles. The highest BCUT2D eigenvalue weighted by molar-refractivity contribution is 6.30. The molecular weight excluding hydrogens is 298 g/mol. The van der Waals surface area contributed by atoms with Crippen molar-refractivity contribution in [3.8, 4) is 0 Å². The van der Waals surface area contributed by atoms with E-state index in [1.165, 1.54) is 5.69 Å². The molecule has 0 radical (unpaired) electrons. The minimum Gasteiger partial charge on any atom is -0.371 e. The second-order valence-corrected chi connectivity index (χ2v) is 5.90. The third kappa shape index (κ3) is 3.57. The molecule has 114 valence electrons. The standard InChI is InChI=1S/C17H18ClN3O/c18-14-2-1-3-15(12-14)20-17(22)13-6-10-21(11-7-13)16-4-8-19-9-5-16/h1-5,8-9,12-13H,6-7,10-11H2,(H,20,22). The van der Waals surface area contributed by atoms with Gasteiger partial charge in [-0.2, -0.15) is 0 Å². The molecule has 0 aliphatic carbocycles. The molecule has 2 heterocycles. The summed E-state index contributed by atoms with van der Waals surface area (Å²) in [6.07, 6.45) is 5.31. The topological polar surface area (TPSA) is 45.2 Å². The summed E-state index contributed by atoms with van der Waals surface area (Å²) in [7, 11) is 0. The van der Waals surface area contributed by atoms with Gasteiger partial charge in [0.25, 0.3) is 0 Å². The molecule has 1 amide bonds. The number of aromatic nitrogens is 1. The van der Waals surface area contributed by atoms with Crippen LogP contribution in [-0.2, 0) is 4.79 Å². The Balaban J connectivity index is 1.56. The lowest BCUT2D eigenvalue weighted by Crippen LogP contribution is -2.38. The van der Waals surface area contributed by atoms with Crippen LogP contribution in [0.15, 0.2) is 48.8 Å². The van der Waals surface area contributed by atoms with Crippen molar-refractivity contribution in [3.63, 3.8) is 0 Å². The number of nitrogens with zero attached hydrogens (tertiary/aromatic N) is 2. The fraction of sp³-hybridized carbons (Fsp3) is 0.294. The SMILES string of the molecule is O=C(Nc1cccc(Cl)c1)C1CCN(c2ccncc2)CC1. The van der Waals surface area contributed by atoms with Crippen LogP contribution in [0, 0.1) is 5.92 Å². The van der Waals surface area contributed by atoms with Crippen molar-refractivity contribution in [2.24, 2.45) is 5.92 Å². The highest BCUT2D eigenvalue weighted by Crippen LogP contribution is 2.24. The monoisotopic (exact) mass is 315 g/mol. The molecule has 22 heavy (non-hydrogen) atoms. The molecule has 2 aromatic rings. The summed E-state index contributed by atoms with van der Waals surface area (Å²) in [4.78, 5) is 18.7. The first-order valence-corrected chi connectivity index (χ1v) is 7.81. The quantitative estimate of drug-likeness (QED) is 0.941. The molecule has 1 aromatic heterocycles. The first kappa shape index (κ1) is 14.9. The van der Waals surface area contributed by atoms with E-state index in [1.807, 2.05) is 24.3 Å². The maximum Gasteiger partial charge on any atom is 0.227 e. The molecule has 1 aliphatic heterocycles. The zero-order chi connectivity index (χ0) is 15.4. The predicted octanol–water partition coefficient (Wildman–Crippen LogP) is 3.59. The fourth-order valence-corrected chi connectivity index (χ4v) is 2.96. The molecule has 0 atom stereocenters. The van der Waals surface area contributed by atoms with Gasteiger partial charge < -0.3 is 10.2 Å². The number of hydrogen-bond donors (Lipinski definition) is 1. The average Bonchev–Trinajstić information content (AvgIpc) is 2.56. The van der Waals surface area contributed by atoms with Crippen molar-refractivity contribution in [1.29, 1.82) is 0 Å². The van der Waals surface area contributed by atoms with Crippen molar-refractivity contribution in [1.82, 2.24) is 4.98 Å². The Labute approximate surface area is 135 Å². The number of benzene rings is 1. The molecule has 3 rings (SSSR count). The molecule has 4 nitrogen and oxygen atoms in total. The van der Waals surface area contributed by atoms with Gasteiger partial charge in [-0.05, 0) is 43.2 Å². The van der Waals surface area contributed by atoms with Gasteiger partial charge >= 0.3 is 0 Å². The van der Waals surface area contributed by atoms with Crippen LogP contribution in [0.3, 0.4) is 0 Å². The van der Waals surface area contributed by atoms with E-state index in [-0.39, 0.29) is 11.8 Å². The van der Waals surface area contributed by atoms with Gasteiger partial charge in [-0.1, -0.05) is 17.7 Å². The fourth-order valence-electron chi connectivity index (χ4n) is 2.77. The summed E-state index contributed by atoms with van der Waals surface area (Å²) in [5.41, 5.74) is 1.93. The lowest BCUT2D eigenvalue weighted by molar-refractivity contribution is -0.120. The number of halogens is 1. The zero-order valence-electron chi connectivity index (χ0n) is 12.2. The summed E-state index contributed by atoms with van der Waals surface area (Å²) in [6, 6.07) is 11.3. The predicted molar refractivity (Wildman–Crippen MR) is 89.3 cm³/mol. The van der Waals surface area contributed by atoms with Gasteiger partial charge in [0.1, 0.15) is 0 Å². The summed E-state index contributed by atoms with van der Waals surface area (Å²) >= 11 is 5.94. The summed E-state index contributed by atoms with van der Waals surface area (Å²) in [5.74, 6) is 0.133. The number of hydrogen-bond acceptors (Lipinski definition) is 3. The Kier molecular flexibility index (Phi) is 4.59. The van der Waals surface area contributed by atoms with Crippen LogP contribution in [-0.4, -0.2) is 24.0 Å². The molecule has 1 aliphatic rings. The number of pyridine rings is 1. The van der Waals surface area contributed by atoms with E-state index in [4.69, 9.17) is 11.6 Å². The number of anilines is 2. The molecule has 5 heteroatoms. The van der Waals surface area contributed by atoms with Gasteiger partial charge in [-0.15, -0.1) is 0 Å². The number of carbonyl (C=O) groups is 1. The van der Waals surface area contributed by atoms with E-state index in [9.17, 15) is 4.79 Å². The summed E-state index contributed by atoms with van der Waals surface area (Å²) in [6.45, 7) is 1.77. The van der Waals surface area contributed by atoms with Gasteiger partial charge in [0.2, 0.25) is 5.91 Å². The van der Waals surface area contributed by atoms with Crippen molar-refractivity contribution < 1.29 is 4.79 Å². The van der Waals surface area contributed by atoms with Crippen LogP contribution < -0.4 is 10.2 Å². The van der Waals surface area contributed by atoms with E-state index in [1.54, 1.807) is 24.5 Å². The maximum absolute atomic E-state index is 12.3. The number of rotatable bonds is 3. The smallest absolute Gasteiger partial charge is 0.227 e. The van der Waals surface area contributed by atoms with E-state index in [2.05, 4.69) is 15.2 Å². The van der Waals surface area contributed by atoms with Crippen LogP contribution in [0.2, 0.25) is 5.02 Å². The Bertz CT molecular complexity index is 639. The lowest BCUT2D eigenvalue weighted by atomic mass is 9.95. The third-order valence-corrected chi connectivity index (χ3v) is 4.22. The second kappa shape index (κ2) is 6.79. The largest absolute Gasteiger partial charge is 0.371 e. The van der Waals surface area contributed by atoms with Crippen LogP contribution in [0.25, 0.3) is 0 Å². The minimum atomic E-state index is 0.0528. The van der Waals surface area contributed by atoms with Crippen molar-refractivity contribution in [2.75, 3.05) is 23.3 Å². The van der Waals surface area contributed by atoms with E-state index in [0.717, 1.165) is 31.6 Å². The molecule has 1 saturated heterocycles. The Hall–Kier alpha value is -2.07. The lowest BCUT2D eigenvalue weighted by Gasteiger charge is -2.32. The maximum atomic E-state index is 12.3. The Morgan fingerprint density at radius 2 is 1.91 bits per heavy atom. The molecule has 0 bridgehead atoms. The first-order chi connectivity index (χ1) is 10.7. The van der Waals surface area contributed by atoms with Crippen molar-refractivity contribution >= 4 is 28.9 Å². The summed E-state index contributed by atoms with van der Waals surface area (Å²) in [5, 5.41) is 3.59. The molecule has 0 unspecified atom stereocenters.